The van der Waals surface area contributed by atoms with Gasteiger partial charge in [-0.15, -0.1) is 0 Å². The summed E-state index contributed by atoms with van der Waals surface area (Å²) in [7, 11) is 0. The number of fused-ring (bicyclic) bond motifs is 3. The fraction of sp³-hybridized carbons (Fsp3) is 0.423. The Bertz CT molecular complexity index is 991. The molecule has 0 saturated carbocycles. The molecule has 7 heteroatoms. The summed E-state index contributed by atoms with van der Waals surface area (Å²) in [4.78, 5) is 37.8. The summed E-state index contributed by atoms with van der Waals surface area (Å²) >= 11 is 0. The molecule has 2 aromatic carbocycles. The first-order valence-electron chi connectivity index (χ1n) is 11.6. The van der Waals surface area contributed by atoms with Crippen molar-refractivity contribution >= 4 is 18.0 Å². The number of amides is 2. The van der Waals surface area contributed by atoms with Crippen molar-refractivity contribution in [1.29, 1.82) is 0 Å². The Balaban J connectivity index is 1.29. The third-order valence-corrected chi connectivity index (χ3v) is 6.58. The van der Waals surface area contributed by atoms with E-state index in [2.05, 4.69) is 29.6 Å². The Hall–Kier alpha value is -3.35. The predicted octanol–water partition coefficient (Wildman–Crippen LogP) is 4.16. The Kier molecular flexibility index (Phi) is 6.96. The lowest BCUT2D eigenvalue weighted by atomic mass is 9.98. The number of hydrogen-bond acceptors (Lipinski definition) is 4. The molecule has 2 N–H and O–H groups in total. The number of carboxylic acids is 1. The second kappa shape index (κ2) is 10.1. The van der Waals surface area contributed by atoms with Crippen LogP contribution in [-0.2, 0) is 14.3 Å². The van der Waals surface area contributed by atoms with Gasteiger partial charge < -0.3 is 20.1 Å². The minimum Gasteiger partial charge on any atom is -0.481 e. The van der Waals surface area contributed by atoms with Gasteiger partial charge in [-0.1, -0.05) is 48.5 Å². The standard InChI is InChI=1S/C26H30N2O5/c1-17(15-24(29)28-14-6-7-18(28)12-13-25(30)31)27-26(32)33-16-23-21-10-4-2-8-19(21)20-9-3-5-11-22(20)23/h2-5,8-11,17-18,23H,6-7,12-16H2,1H3,(H,27,32)(H,30,31)/t17-,18?/m1/s1. The van der Waals surface area contributed by atoms with E-state index in [0.717, 1.165) is 24.0 Å². The molecular formula is C26H30N2O5. The zero-order valence-electron chi connectivity index (χ0n) is 18.8. The predicted molar refractivity (Wildman–Crippen MR) is 124 cm³/mol. The lowest BCUT2D eigenvalue weighted by Gasteiger charge is -2.26. The quantitative estimate of drug-likeness (QED) is 0.630. The van der Waals surface area contributed by atoms with E-state index in [1.54, 1.807) is 11.8 Å². The number of ether oxygens (including phenoxy) is 1. The van der Waals surface area contributed by atoms with Gasteiger partial charge in [-0.05, 0) is 48.4 Å². The number of carbonyl (C=O) groups excluding carboxylic acids is 2. The van der Waals surface area contributed by atoms with Crippen molar-refractivity contribution in [3.8, 4) is 11.1 Å². The fourth-order valence-electron chi connectivity index (χ4n) is 5.03. The average molecular weight is 451 g/mol. The number of hydrogen-bond donors (Lipinski definition) is 2. The van der Waals surface area contributed by atoms with Crippen molar-refractivity contribution in [2.24, 2.45) is 0 Å². The van der Waals surface area contributed by atoms with Gasteiger partial charge in [0.15, 0.2) is 0 Å². The molecule has 1 fully saturated rings. The second-order valence-corrected chi connectivity index (χ2v) is 8.89. The van der Waals surface area contributed by atoms with Crippen LogP contribution < -0.4 is 5.32 Å². The van der Waals surface area contributed by atoms with Gasteiger partial charge in [0.05, 0.1) is 0 Å². The van der Waals surface area contributed by atoms with Crippen LogP contribution in [0.3, 0.4) is 0 Å². The highest BCUT2D eigenvalue weighted by Gasteiger charge is 2.31. The van der Waals surface area contributed by atoms with E-state index in [9.17, 15) is 14.4 Å². The second-order valence-electron chi connectivity index (χ2n) is 8.89. The molecule has 0 spiro atoms. The van der Waals surface area contributed by atoms with E-state index in [-0.39, 0.29) is 43.4 Å². The average Bonchev–Trinajstić information content (AvgIpc) is 3.39. The number of nitrogens with zero attached hydrogens (tertiary/aromatic N) is 1. The van der Waals surface area contributed by atoms with Crippen molar-refractivity contribution in [1.82, 2.24) is 10.2 Å². The monoisotopic (exact) mass is 450 g/mol. The van der Waals surface area contributed by atoms with Gasteiger partial charge >= 0.3 is 12.1 Å². The number of carbonyl (C=O) groups is 3. The summed E-state index contributed by atoms with van der Waals surface area (Å²) < 4.78 is 5.56. The van der Waals surface area contributed by atoms with Crippen LogP contribution in [0.5, 0.6) is 0 Å². The molecule has 2 aliphatic rings. The lowest BCUT2D eigenvalue weighted by Crippen LogP contribution is -2.41. The third-order valence-electron chi connectivity index (χ3n) is 6.58. The smallest absolute Gasteiger partial charge is 0.407 e. The normalized spacial score (nSPS) is 17.8. The Morgan fingerprint density at radius 2 is 1.73 bits per heavy atom. The molecule has 0 radical (unpaired) electrons. The molecule has 1 unspecified atom stereocenters. The third kappa shape index (κ3) is 5.18. The van der Waals surface area contributed by atoms with Gasteiger partial charge in [0.25, 0.3) is 0 Å². The summed E-state index contributed by atoms with van der Waals surface area (Å²) in [5, 5.41) is 11.7. The summed E-state index contributed by atoms with van der Waals surface area (Å²) in [6.07, 6.45) is 1.85. The van der Waals surface area contributed by atoms with Crippen LogP contribution in [0.1, 0.15) is 56.1 Å². The van der Waals surface area contributed by atoms with Crippen molar-refractivity contribution in [3.05, 3.63) is 59.7 Å². The molecule has 174 valence electrons. The first kappa shape index (κ1) is 22.8. The SMILES string of the molecule is C[C@H](CC(=O)N1CCCC1CCC(=O)O)NC(=O)OCC1c2ccccc2-c2ccccc21. The van der Waals surface area contributed by atoms with E-state index in [1.165, 1.54) is 11.1 Å². The molecule has 33 heavy (non-hydrogen) atoms. The Labute approximate surface area is 193 Å². The van der Waals surface area contributed by atoms with E-state index < -0.39 is 12.1 Å². The first-order chi connectivity index (χ1) is 15.9. The molecule has 7 nitrogen and oxygen atoms in total. The van der Waals surface area contributed by atoms with E-state index >= 15 is 0 Å². The maximum absolute atomic E-state index is 12.7. The van der Waals surface area contributed by atoms with Crippen molar-refractivity contribution in [3.63, 3.8) is 0 Å². The highest BCUT2D eigenvalue weighted by atomic mass is 16.5. The molecule has 1 heterocycles. The highest BCUT2D eigenvalue weighted by molar-refractivity contribution is 5.80. The molecule has 2 atom stereocenters. The van der Waals surface area contributed by atoms with Crippen molar-refractivity contribution in [2.75, 3.05) is 13.2 Å². The number of likely N-dealkylation sites (tertiary alicyclic amines) is 1. The minimum absolute atomic E-state index is 0.0142. The Morgan fingerprint density at radius 1 is 1.09 bits per heavy atom. The minimum atomic E-state index is -0.848. The molecule has 1 saturated heterocycles. The van der Waals surface area contributed by atoms with Crippen LogP contribution in [0.4, 0.5) is 4.79 Å². The summed E-state index contributed by atoms with van der Waals surface area (Å²) in [6, 6.07) is 15.9. The number of benzene rings is 2. The van der Waals surface area contributed by atoms with Gasteiger partial charge in [-0.25, -0.2) is 4.79 Å². The van der Waals surface area contributed by atoms with E-state index in [1.807, 2.05) is 24.3 Å². The zero-order valence-corrected chi connectivity index (χ0v) is 18.8. The van der Waals surface area contributed by atoms with Gasteiger partial charge in [-0.3, -0.25) is 9.59 Å². The van der Waals surface area contributed by atoms with Crippen LogP contribution >= 0.6 is 0 Å². The maximum Gasteiger partial charge on any atom is 0.407 e. The number of alkyl carbamates (subject to hydrolysis) is 1. The van der Waals surface area contributed by atoms with Crippen LogP contribution in [0.25, 0.3) is 11.1 Å². The number of rotatable bonds is 8. The topological polar surface area (TPSA) is 95.9 Å². The van der Waals surface area contributed by atoms with E-state index in [0.29, 0.717) is 13.0 Å². The number of nitrogens with one attached hydrogen (secondary N) is 1. The molecule has 2 amide bonds. The molecule has 4 rings (SSSR count). The largest absolute Gasteiger partial charge is 0.481 e. The first-order valence-corrected chi connectivity index (χ1v) is 11.6. The van der Waals surface area contributed by atoms with Crippen LogP contribution in [-0.4, -0.2) is 53.2 Å². The maximum atomic E-state index is 12.7. The van der Waals surface area contributed by atoms with Crippen LogP contribution in [0.2, 0.25) is 0 Å². The molecule has 1 aliphatic carbocycles. The van der Waals surface area contributed by atoms with Gasteiger partial charge in [0.2, 0.25) is 5.91 Å². The molecule has 1 aliphatic heterocycles. The number of aliphatic carboxylic acids is 1. The van der Waals surface area contributed by atoms with Crippen LogP contribution in [0, 0.1) is 0 Å². The highest BCUT2D eigenvalue weighted by Crippen LogP contribution is 2.44. The summed E-state index contributed by atoms with van der Waals surface area (Å²) in [6.45, 7) is 2.65. The van der Waals surface area contributed by atoms with Gasteiger partial charge in [0.1, 0.15) is 6.61 Å². The fourth-order valence-corrected chi connectivity index (χ4v) is 5.03. The van der Waals surface area contributed by atoms with Crippen LogP contribution in [0.15, 0.2) is 48.5 Å². The summed E-state index contributed by atoms with van der Waals surface area (Å²) in [5.41, 5.74) is 4.64. The van der Waals surface area contributed by atoms with Crippen molar-refractivity contribution < 1.29 is 24.2 Å². The Morgan fingerprint density at radius 3 is 2.36 bits per heavy atom. The van der Waals surface area contributed by atoms with Crippen molar-refractivity contribution in [2.45, 2.75) is 57.0 Å². The lowest BCUT2D eigenvalue weighted by molar-refractivity contribution is -0.138. The number of carboxylic acid groups (broad SMARTS) is 1. The molecule has 2 aromatic rings. The molecular weight excluding hydrogens is 420 g/mol. The summed E-state index contributed by atoms with van der Waals surface area (Å²) in [5.74, 6) is -0.923. The van der Waals surface area contributed by atoms with E-state index in [4.69, 9.17) is 9.84 Å². The molecule has 0 aromatic heterocycles. The van der Waals surface area contributed by atoms with Gasteiger partial charge in [-0.2, -0.15) is 0 Å². The zero-order chi connectivity index (χ0) is 23.4. The van der Waals surface area contributed by atoms with Gasteiger partial charge in [0, 0.05) is 37.4 Å². The molecule has 0 bridgehead atoms.